The Balaban J connectivity index is 3.29. The molecule has 0 saturated carbocycles. The van der Waals surface area contributed by atoms with E-state index in [1.165, 1.54) is 13.2 Å². The molecule has 1 rings (SSSR count). The fourth-order valence-electron chi connectivity index (χ4n) is 0.754. The Bertz CT molecular complexity index is 275. The summed E-state index contributed by atoms with van der Waals surface area (Å²) in [6.07, 6.45) is 0. The minimum Gasteiger partial charge on any atom is -0.491 e. The predicted octanol–water partition coefficient (Wildman–Crippen LogP) is 1.56. The number of ether oxygens (including phenoxy) is 1. The first-order valence-corrected chi connectivity index (χ1v) is 2.94. The lowest BCUT2D eigenvalue weighted by atomic mass is 10.3. The van der Waals surface area contributed by atoms with Gasteiger partial charge >= 0.3 is 0 Å². The van der Waals surface area contributed by atoms with Gasteiger partial charge in [0.1, 0.15) is 0 Å². The summed E-state index contributed by atoms with van der Waals surface area (Å²) in [4.78, 5) is 0. The smallest absolute Gasteiger partial charge is 0.202 e. The van der Waals surface area contributed by atoms with E-state index in [4.69, 9.17) is 5.73 Å². The van der Waals surface area contributed by atoms with Crippen LogP contribution in [0.15, 0.2) is 12.1 Å². The summed E-state index contributed by atoms with van der Waals surface area (Å²) >= 11 is 0. The third-order valence-corrected chi connectivity index (χ3v) is 1.28. The van der Waals surface area contributed by atoms with Crippen molar-refractivity contribution in [2.75, 3.05) is 12.8 Å². The van der Waals surface area contributed by atoms with Crippen molar-refractivity contribution in [3.63, 3.8) is 0 Å². The number of hydrogen-bond acceptors (Lipinski definition) is 2. The minimum atomic E-state index is -1.05. The zero-order valence-corrected chi connectivity index (χ0v) is 5.90. The summed E-state index contributed by atoms with van der Waals surface area (Å²) < 4.78 is 29.6. The van der Waals surface area contributed by atoms with E-state index >= 15 is 0 Å². The van der Waals surface area contributed by atoms with E-state index < -0.39 is 11.6 Å². The lowest BCUT2D eigenvalue weighted by Crippen LogP contribution is -1.97. The third-order valence-electron chi connectivity index (χ3n) is 1.28. The third kappa shape index (κ3) is 1.24. The molecule has 0 radical (unpaired) electrons. The van der Waals surface area contributed by atoms with Gasteiger partial charge < -0.3 is 10.5 Å². The van der Waals surface area contributed by atoms with Gasteiger partial charge in [0.25, 0.3) is 0 Å². The summed E-state index contributed by atoms with van der Waals surface area (Å²) in [5.41, 5.74) is 5.36. The Morgan fingerprint density at radius 2 is 2.00 bits per heavy atom. The molecule has 0 aliphatic carbocycles. The maximum Gasteiger partial charge on any atom is 0.202 e. The largest absolute Gasteiger partial charge is 0.491 e. The second-order valence-corrected chi connectivity index (χ2v) is 1.98. The lowest BCUT2D eigenvalue weighted by Gasteiger charge is -2.04. The summed E-state index contributed by atoms with van der Waals surface area (Å²) in [6.45, 7) is 0. The van der Waals surface area contributed by atoms with Crippen LogP contribution in [-0.2, 0) is 0 Å². The van der Waals surface area contributed by atoms with Crippen molar-refractivity contribution in [3.8, 4) is 5.75 Å². The van der Waals surface area contributed by atoms with Crippen LogP contribution in [0.1, 0.15) is 0 Å². The second kappa shape index (κ2) is 2.74. The van der Waals surface area contributed by atoms with Crippen LogP contribution in [0.4, 0.5) is 14.5 Å². The van der Waals surface area contributed by atoms with Crippen LogP contribution in [0.5, 0.6) is 5.75 Å². The number of halogens is 2. The van der Waals surface area contributed by atoms with E-state index in [9.17, 15) is 8.78 Å². The van der Waals surface area contributed by atoms with Gasteiger partial charge in [-0.3, -0.25) is 0 Å². The average Bonchev–Trinajstić information content (AvgIpc) is 1.99. The fourth-order valence-corrected chi connectivity index (χ4v) is 0.754. The van der Waals surface area contributed by atoms with Crippen molar-refractivity contribution in [1.29, 1.82) is 0 Å². The standard InChI is InChI=1S/C7H7F2NO/c1-11-7-5(10)3-2-4(8)6(7)9/h2-3H,10H2,1H3. The minimum absolute atomic E-state index is 0.0893. The Labute approximate surface area is 62.6 Å². The molecule has 2 nitrogen and oxygen atoms in total. The van der Waals surface area contributed by atoms with E-state index in [2.05, 4.69) is 4.74 Å². The van der Waals surface area contributed by atoms with E-state index in [1.807, 2.05) is 0 Å². The Morgan fingerprint density at radius 3 is 2.45 bits per heavy atom. The molecule has 0 aliphatic heterocycles. The van der Waals surface area contributed by atoms with Gasteiger partial charge in [-0.25, -0.2) is 4.39 Å². The maximum atomic E-state index is 12.7. The number of anilines is 1. The molecule has 2 N–H and O–H groups in total. The molecule has 1 aromatic rings. The molecule has 1 aromatic carbocycles. The quantitative estimate of drug-likeness (QED) is 0.631. The van der Waals surface area contributed by atoms with Crippen molar-refractivity contribution >= 4 is 5.69 Å². The van der Waals surface area contributed by atoms with E-state index in [0.717, 1.165) is 6.07 Å². The SMILES string of the molecule is COc1c(N)ccc(F)c1F. The molecule has 4 heteroatoms. The highest BCUT2D eigenvalue weighted by Crippen LogP contribution is 2.26. The van der Waals surface area contributed by atoms with Crippen LogP contribution in [0, 0.1) is 11.6 Å². The van der Waals surface area contributed by atoms with Crippen LogP contribution in [0.25, 0.3) is 0 Å². The highest BCUT2D eigenvalue weighted by Gasteiger charge is 2.10. The molecule has 0 fully saturated rings. The van der Waals surface area contributed by atoms with Crippen molar-refractivity contribution in [2.24, 2.45) is 0 Å². The van der Waals surface area contributed by atoms with E-state index in [1.54, 1.807) is 0 Å². The summed E-state index contributed by atoms with van der Waals surface area (Å²) in [5, 5.41) is 0. The van der Waals surface area contributed by atoms with Crippen molar-refractivity contribution in [1.82, 2.24) is 0 Å². The second-order valence-electron chi connectivity index (χ2n) is 1.98. The Kier molecular flexibility index (Phi) is 1.94. The van der Waals surface area contributed by atoms with Crippen molar-refractivity contribution < 1.29 is 13.5 Å². The highest BCUT2D eigenvalue weighted by molar-refractivity contribution is 5.53. The molecule has 60 valence electrons. The Morgan fingerprint density at radius 1 is 1.36 bits per heavy atom. The van der Waals surface area contributed by atoms with Crippen molar-refractivity contribution in [2.45, 2.75) is 0 Å². The molecular formula is C7H7F2NO. The van der Waals surface area contributed by atoms with Crippen LogP contribution in [-0.4, -0.2) is 7.11 Å². The summed E-state index contributed by atoms with van der Waals surface area (Å²) in [5.74, 6) is -2.26. The van der Waals surface area contributed by atoms with Gasteiger partial charge in [-0.15, -0.1) is 0 Å². The normalized spacial score (nSPS) is 9.73. The van der Waals surface area contributed by atoms with Crippen LogP contribution < -0.4 is 10.5 Å². The van der Waals surface area contributed by atoms with Gasteiger partial charge in [0.2, 0.25) is 5.82 Å². The van der Waals surface area contributed by atoms with Crippen LogP contribution in [0.2, 0.25) is 0 Å². The van der Waals surface area contributed by atoms with Gasteiger partial charge in [-0.05, 0) is 12.1 Å². The van der Waals surface area contributed by atoms with Gasteiger partial charge in [-0.2, -0.15) is 4.39 Å². The monoisotopic (exact) mass is 159 g/mol. The van der Waals surface area contributed by atoms with Gasteiger partial charge in [-0.1, -0.05) is 0 Å². The number of nitrogens with two attached hydrogens (primary N) is 1. The number of nitrogen functional groups attached to an aromatic ring is 1. The maximum absolute atomic E-state index is 12.7. The molecule has 0 heterocycles. The van der Waals surface area contributed by atoms with Crippen molar-refractivity contribution in [3.05, 3.63) is 23.8 Å². The van der Waals surface area contributed by atoms with Crippen LogP contribution in [0.3, 0.4) is 0 Å². The average molecular weight is 159 g/mol. The van der Waals surface area contributed by atoms with Crippen LogP contribution >= 0.6 is 0 Å². The number of benzene rings is 1. The Hall–Kier alpha value is -1.32. The van der Waals surface area contributed by atoms with E-state index in [0.29, 0.717) is 0 Å². The molecule has 0 bridgehead atoms. The van der Waals surface area contributed by atoms with Gasteiger partial charge in [0, 0.05) is 0 Å². The molecule has 0 saturated heterocycles. The zero-order chi connectivity index (χ0) is 8.43. The highest BCUT2D eigenvalue weighted by atomic mass is 19.2. The predicted molar refractivity (Wildman–Crippen MR) is 37.3 cm³/mol. The fraction of sp³-hybridized carbons (Fsp3) is 0.143. The summed E-state index contributed by atoms with van der Waals surface area (Å²) in [6, 6.07) is 2.20. The summed E-state index contributed by atoms with van der Waals surface area (Å²) in [7, 11) is 1.23. The number of methoxy groups -OCH3 is 1. The van der Waals surface area contributed by atoms with Gasteiger partial charge in [0.05, 0.1) is 12.8 Å². The first-order valence-electron chi connectivity index (χ1n) is 2.94. The number of rotatable bonds is 1. The first-order chi connectivity index (χ1) is 5.16. The molecule has 0 aromatic heterocycles. The molecule has 0 atom stereocenters. The molecule has 11 heavy (non-hydrogen) atoms. The topological polar surface area (TPSA) is 35.2 Å². The first kappa shape index (κ1) is 7.78. The lowest BCUT2D eigenvalue weighted by molar-refractivity contribution is 0.374. The van der Waals surface area contributed by atoms with Gasteiger partial charge in [0.15, 0.2) is 11.6 Å². The number of hydrogen-bond donors (Lipinski definition) is 1. The molecule has 0 aliphatic rings. The molecular weight excluding hydrogens is 152 g/mol. The molecule has 0 spiro atoms. The molecule has 0 unspecified atom stereocenters. The van der Waals surface area contributed by atoms with E-state index in [-0.39, 0.29) is 11.4 Å². The molecule has 0 amide bonds. The zero-order valence-electron chi connectivity index (χ0n) is 5.90.